The molecule has 2 N–H and O–H groups in total. The van der Waals surface area contributed by atoms with Gasteiger partial charge < -0.3 is 10.2 Å². The molecule has 0 saturated heterocycles. The van der Waals surface area contributed by atoms with Crippen LogP contribution in [0.3, 0.4) is 0 Å². The number of aromatic nitrogens is 1. The van der Waals surface area contributed by atoms with Crippen LogP contribution in [0.4, 0.5) is 5.13 Å². The van der Waals surface area contributed by atoms with Crippen molar-refractivity contribution < 1.29 is 4.42 Å². The minimum absolute atomic E-state index is 0.348. The molecule has 0 aromatic carbocycles. The van der Waals surface area contributed by atoms with E-state index in [1.54, 1.807) is 6.07 Å². The summed E-state index contributed by atoms with van der Waals surface area (Å²) in [7, 11) is 0. The van der Waals surface area contributed by atoms with Gasteiger partial charge in [-0.1, -0.05) is 0 Å². The molecule has 0 aliphatic heterocycles. The van der Waals surface area contributed by atoms with Crippen molar-refractivity contribution in [2.75, 3.05) is 5.73 Å². The predicted molar refractivity (Wildman–Crippen MR) is 49.2 cm³/mol. The zero-order valence-corrected chi connectivity index (χ0v) is 7.52. The molecule has 12 heavy (non-hydrogen) atoms. The fourth-order valence-electron chi connectivity index (χ4n) is 0.888. The quantitative estimate of drug-likeness (QED) is 0.770. The molecule has 0 radical (unpaired) electrons. The first kappa shape index (κ1) is 7.64. The van der Waals surface area contributed by atoms with Crippen molar-refractivity contribution >= 4 is 28.1 Å². The number of nitrogens with two attached hydrogens (primary N) is 1. The minimum Gasteiger partial charge on any atom is -0.452 e. The van der Waals surface area contributed by atoms with E-state index in [1.807, 2.05) is 5.38 Å². The molecule has 2 aromatic rings. The summed E-state index contributed by atoms with van der Waals surface area (Å²) in [6.45, 7) is 0. The van der Waals surface area contributed by atoms with E-state index >= 15 is 0 Å². The summed E-state index contributed by atoms with van der Waals surface area (Å²) >= 11 is 7.12. The molecule has 2 aromatic heterocycles. The van der Waals surface area contributed by atoms with Crippen LogP contribution in [0.15, 0.2) is 22.1 Å². The first-order valence-corrected chi connectivity index (χ1v) is 4.47. The molecule has 0 fully saturated rings. The molecule has 3 nitrogen and oxygen atoms in total. The second-order valence-electron chi connectivity index (χ2n) is 2.18. The van der Waals surface area contributed by atoms with Crippen LogP contribution in [-0.2, 0) is 0 Å². The molecule has 0 saturated carbocycles. The van der Waals surface area contributed by atoms with E-state index in [9.17, 15) is 0 Å². The van der Waals surface area contributed by atoms with E-state index in [1.165, 1.54) is 17.6 Å². The lowest BCUT2D eigenvalue weighted by molar-refractivity contribution is 0.570. The Morgan fingerprint density at radius 1 is 1.58 bits per heavy atom. The lowest BCUT2D eigenvalue weighted by Crippen LogP contribution is -1.81. The zero-order valence-electron chi connectivity index (χ0n) is 5.95. The number of nitrogen functional groups attached to an aromatic ring is 1. The van der Waals surface area contributed by atoms with Gasteiger partial charge in [0.15, 0.2) is 5.13 Å². The van der Waals surface area contributed by atoms with Gasteiger partial charge in [0.2, 0.25) is 5.22 Å². The van der Waals surface area contributed by atoms with Gasteiger partial charge in [-0.3, -0.25) is 0 Å². The Labute approximate surface area is 77.8 Å². The summed E-state index contributed by atoms with van der Waals surface area (Å²) in [5.41, 5.74) is 7.01. The smallest absolute Gasteiger partial charge is 0.202 e. The molecule has 0 aliphatic carbocycles. The van der Waals surface area contributed by atoms with Crippen molar-refractivity contribution in [3.63, 3.8) is 0 Å². The van der Waals surface area contributed by atoms with Crippen LogP contribution in [0.25, 0.3) is 11.3 Å². The zero-order chi connectivity index (χ0) is 8.55. The maximum atomic E-state index is 5.74. The van der Waals surface area contributed by atoms with Gasteiger partial charge in [-0.05, 0) is 17.7 Å². The van der Waals surface area contributed by atoms with E-state index in [-0.39, 0.29) is 0 Å². The maximum absolute atomic E-state index is 5.74. The fourth-order valence-corrected chi connectivity index (χ4v) is 1.66. The third-order valence-corrected chi connectivity index (χ3v) is 2.38. The lowest BCUT2D eigenvalue weighted by Gasteiger charge is -1.88. The lowest BCUT2D eigenvalue weighted by atomic mass is 10.3. The Balaban J connectivity index is 2.50. The topological polar surface area (TPSA) is 52.0 Å². The van der Waals surface area contributed by atoms with Gasteiger partial charge in [0, 0.05) is 5.38 Å². The highest BCUT2D eigenvalue weighted by Gasteiger charge is 2.08. The summed E-state index contributed by atoms with van der Waals surface area (Å²) in [5.74, 6) is 0. The highest BCUT2D eigenvalue weighted by atomic mass is 35.5. The summed E-state index contributed by atoms with van der Waals surface area (Å²) in [6, 6.07) is 1.76. The Morgan fingerprint density at radius 2 is 2.42 bits per heavy atom. The number of halogens is 1. The summed E-state index contributed by atoms with van der Waals surface area (Å²) in [5, 5.41) is 2.72. The molecule has 2 heterocycles. The largest absolute Gasteiger partial charge is 0.452 e. The van der Waals surface area contributed by atoms with Crippen molar-refractivity contribution in [2.45, 2.75) is 0 Å². The highest BCUT2D eigenvalue weighted by molar-refractivity contribution is 7.13. The van der Waals surface area contributed by atoms with Crippen LogP contribution >= 0.6 is 22.9 Å². The van der Waals surface area contributed by atoms with Crippen LogP contribution < -0.4 is 5.73 Å². The first-order chi connectivity index (χ1) is 5.77. The Morgan fingerprint density at radius 3 is 2.92 bits per heavy atom. The summed E-state index contributed by atoms with van der Waals surface area (Å²) < 4.78 is 4.92. The van der Waals surface area contributed by atoms with Crippen LogP contribution in [0.2, 0.25) is 5.22 Å². The van der Waals surface area contributed by atoms with Crippen LogP contribution in [0.5, 0.6) is 0 Å². The van der Waals surface area contributed by atoms with E-state index in [4.69, 9.17) is 21.8 Å². The second kappa shape index (κ2) is 2.80. The van der Waals surface area contributed by atoms with Crippen molar-refractivity contribution in [3.8, 4) is 11.3 Å². The summed E-state index contributed by atoms with van der Waals surface area (Å²) in [6.07, 6.45) is 1.52. The molecule has 5 heteroatoms. The molecule has 62 valence electrons. The molecule has 2 rings (SSSR count). The Hall–Kier alpha value is -1.000. The maximum Gasteiger partial charge on any atom is 0.202 e. The Kier molecular flexibility index (Phi) is 1.78. The van der Waals surface area contributed by atoms with Crippen LogP contribution in [0.1, 0.15) is 0 Å². The van der Waals surface area contributed by atoms with Crippen molar-refractivity contribution in [1.29, 1.82) is 0 Å². The average Bonchev–Trinajstić information content (AvgIpc) is 2.58. The van der Waals surface area contributed by atoms with Gasteiger partial charge in [0.05, 0.1) is 17.5 Å². The monoisotopic (exact) mass is 200 g/mol. The molecule has 0 atom stereocenters. The van der Waals surface area contributed by atoms with Crippen LogP contribution in [-0.4, -0.2) is 4.98 Å². The van der Waals surface area contributed by atoms with Gasteiger partial charge in [0.25, 0.3) is 0 Å². The number of hydrogen-bond acceptors (Lipinski definition) is 4. The van der Waals surface area contributed by atoms with Gasteiger partial charge >= 0.3 is 0 Å². The minimum atomic E-state index is 0.348. The molecule has 0 unspecified atom stereocenters. The normalized spacial score (nSPS) is 10.4. The predicted octanol–water partition coefficient (Wildman–Crippen LogP) is 2.64. The van der Waals surface area contributed by atoms with Gasteiger partial charge in [-0.25, -0.2) is 4.98 Å². The molecule has 0 aliphatic rings. The molecule has 0 amide bonds. The van der Waals surface area contributed by atoms with E-state index in [2.05, 4.69) is 4.98 Å². The number of furan rings is 1. The SMILES string of the molecule is Nc1nc(-c2ccoc2Cl)cs1. The number of anilines is 1. The first-order valence-electron chi connectivity index (χ1n) is 3.22. The van der Waals surface area contributed by atoms with Crippen molar-refractivity contribution in [1.82, 2.24) is 4.98 Å². The van der Waals surface area contributed by atoms with E-state index in [0.717, 1.165) is 11.3 Å². The second-order valence-corrected chi connectivity index (χ2v) is 3.41. The van der Waals surface area contributed by atoms with Crippen molar-refractivity contribution in [3.05, 3.63) is 22.9 Å². The standard InChI is InChI=1S/C7H5ClN2OS/c8-6-4(1-2-11-6)5-3-12-7(9)10-5/h1-3H,(H2,9,10). The number of nitrogens with zero attached hydrogens (tertiary/aromatic N) is 1. The van der Waals surface area contributed by atoms with E-state index < -0.39 is 0 Å². The highest BCUT2D eigenvalue weighted by Crippen LogP contribution is 2.30. The van der Waals surface area contributed by atoms with Gasteiger partial charge in [0.1, 0.15) is 0 Å². The molecule has 0 bridgehead atoms. The average molecular weight is 201 g/mol. The van der Waals surface area contributed by atoms with Gasteiger partial charge in [-0.15, -0.1) is 11.3 Å². The molecule has 0 spiro atoms. The van der Waals surface area contributed by atoms with Crippen molar-refractivity contribution in [2.24, 2.45) is 0 Å². The fraction of sp³-hybridized carbons (Fsp3) is 0. The third kappa shape index (κ3) is 1.19. The number of thiazole rings is 1. The number of hydrogen-bond donors (Lipinski definition) is 1. The number of rotatable bonds is 1. The molecular formula is C7H5ClN2OS. The van der Waals surface area contributed by atoms with E-state index in [0.29, 0.717) is 10.4 Å². The molecular weight excluding hydrogens is 196 g/mol. The Bertz CT molecular complexity index is 396. The summed E-state index contributed by atoms with van der Waals surface area (Å²) in [4.78, 5) is 4.07. The van der Waals surface area contributed by atoms with Gasteiger partial charge in [-0.2, -0.15) is 0 Å². The van der Waals surface area contributed by atoms with Crippen LogP contribution in [0, 0.1) is 0 Å². The third-order valence-electron chi connectivity index (χ3n) is 1.42.